The Morgan fingerprint density at radius 1 is 1.22 bits per heavy atom. The fourth-order valence-corrected chi connectivity index (χ4v) is 3.12. The van der Waals surface area contributed by atoms with Crippen molar-refractivity contribution in [2.75, 3.05) is 27.2 Å². The van der Waals surface area contributed by atoms with Gasteiger partial charge in [-0.25, -0.2) is 0 Å². The maximum Gasteiger partial charge on any atom is 0.451 e. The van der Waals surface area contributed by atoms with Gasteiger partial charge in [-0.15, -0.1) is 24.8 Å². The number of aliphatic carboxylic acids is 1. The van der Waals surface area contributed by atoms with E-state index < -0.39 is 18.6 Å². The van der Waals surface area contributed by atoms with E-state index in [1.165, 1.54) is 0 Å². The Balaban J connectivity index is -0.00000192. The third-order valence-corrected chi connectivity index (χ3v) is 4.70. The normalized spacial score (nSPS) is 18.3. The molecule has 0 aliphatic carbocycles. The number of carboxylic acid groups (broad SMARTS) is 1. The van der Waals surface area contributed by atoms with E-state index in [2.05, 4.69) is 0 Å². The van der Waals surface area contributed by atoms with Crippen LogP contribution in [0.15, 0.2) is 0 Å². The molecule has 1 amide bonds. The molecule has 0 aromatic carbocycles. The monoisotopic (exact) mass is 433 g/mol. The van der Waals surface area contributed by atoms with E-state index >= 15 is 0 Å². The summed E-state index contributed by atoms with van der Waals surface area (Å²) in [5.74, 6) is -1.01. The maximum atomic E-state index is 12.2. The van der Waals surface area contributed by atoms with Crippen molar-refractivity contribution < 1.29 is 30.2 Å². The molecule has 27 heavy (non-hydrogen) atoms. The molecule has 0 saturated carbocycles. The molecule has 0 bridgehead atoms. The van der Waals surface area contributed by atoms with Gasteiger partial charge in [0.2, 0.25) is 5.91 Å². The van der Waals surface area contributed by atoms with Crippen molar-refractivity contribution in [1.29, 1.82) is 0 Å². The highest BCUT2D eigenvalue weighted by atomic mass is 35.5. The van der Waals surface area contributed by atoms with E-state index in [1.807, 2.05) is 4.90 Å². The van der Waals surface area contributed by atoms with E-state index in [9.17, 15) is 14.7 Å². The zero-order valence-corrected chi connectivity index (χ0v) is 17.6. The van der Waals surface area contributed by atoms with Crippen molar-refractivity contribution in [2.45, 2.75) is 56.4 Å². The molecule has 1 rings (SSSR count). The van der Waals surface area contributed by atoms with Crippen LogP contribution in [0.25, 0.3) is 0 Å². The van der Waals surface area contributed by atoms with E-state index in [-0.39, 0.29) is 61.4 Å². The molecule has 1 fully saturated rings. The van der Waals surface area contributed by atoms with Crippen LogP contribution in [0.3, 0.4) is 0 Å². The molecule has 0 aromatic rings. The number of unbranched alkanes of at least 4 members (excludes halogenated alkanes) is 1. The van der Waals surface area contributed by atoms with Crippen molar-refractivity contribution in [2.24, 2.45) is 5.73 Å². The summed E-state index contributed by atoms with van der Waals surface area (Å²) in [6.07, 6.45) is 3.48. The number of nitrogens with two attached hydrogens (primary N) is 1. The van der Waals surface area contributed by atoms with Gasteiger partial charge >= 0.3 is 13.1 Å². The molecule has 1 aliphatic heterocycles. The van der Waals surface area contributed by atoms with Gasteiger partial charge in [0.25, 0.3) is 0 Å². The van der Waals surface area contributed by atoms with Crippen LogP contribution in [-0.2, 0) is 9.59 Å². The first-order chi connectivity index (χ1) is 11.2. The van der Waals surface area contributed by atoms with Gasteiger partial charge in [-0.2, -0.15) is 0 Å². The molecule has 1 saturated heterocycles. The lowest BCUT2D eigenvalue weighted by molar-refractivity contribution is -0.144. The Morgan fingerprint density at radius 2 is 1.81 bits per heavy atom. The average molecular weight is 434 g/mol. The number of likely N-dealkylation sites (N-methyl/N-ethyl adjacent to an activating group) is 1. The predicted molar refractivity (Wildman–Crippen MR) is 109 cm³/mol. The van der Waals surface area contributed by atoms with Gasteiger partial charge in [0, 0.05) is 20.6 Å². The molecule has 0 aromatic heterocycles. The molecule has 162 valence electrons. The molecule has 12 heteroatoms. The Morgan fingerprint density at radius 3 is 2.30 bits per heavy atom. The minimum atomic E-state index is -1.37. The second-order valence-electron chi connectivity index (χ2n) is 6.86. The summed E-state index contributed by atoms with van der Waals surface area (Å²) >= 11 is 0. The quantitative estimate of drug-likeness (QED) is 0.263. The minimum Gasteiger partial charge on any atom is -0.480 e. The number of hydrogen-bond donors (Lipinski definition) is 4. The lowest BCUT2D eigenvalue weighted by Crippen LogP contribution is -2.51. The second kappa shape index (κ2) is 14.4. The van der Waals surface area contributed by atoms with Crippen molar-refractivity contribution in [3.05, 3.63) is 0 Å². The van der Waals surface area contributed by atoms with Gasteiger partial charge in [0.05, 0.1) is 6.04 Å². The molecule has 0 spiro atoms. The van der Waals surface area contributed by atoms with Crippen molar-refractivity contribution >= 4 is 43.8 Å². The summed E-state index contributed by atoms with van der Waals surface area (Å²) in [6.45, 7) is 1.24. The number of halogens is 2. The summed E-state index contributed by atoms with van der Waals surface area (Å²) in [7, 11) is 2.07. The van der Waals surface area contributed by atoms with Crippen LogP contribution in [0, 0.1) is 0 Å². The number of carbonyl (C=O) groups excluding carboxylic acids is 1. The van der Waals surface area contributed by atoms with Gasteiger partial charge in [0.15, 0.2) is 0 Å². The highest BCUT2D eigenvalue weighted by molar-refractivity contribution is 6.40. The summed E-state index contributed by atoms with van der Waals surface area (Å²) in [4.78, 5) is 27.3. The van der Waals surface area contributed by atoms with Crippen LogP contribution in [0.2, 0.25) is 6.32 Å². The second-order valence-corrected chi connectivity index (χ2v) is 6.86. The Kier molecular flexibility index (Phi) is 16.6. The SMILES string of the molecule is CN(C)C(=O)[C@@H]1CCCN1CCC(N)(CCCCB(O)O)C(=O)O.Cl.Cl.O. The molecule has 1 aliphatic rings. The van der Waals surface area contributed by atoms with Gasteiger partial charge in [-0.05, 0) is 38.5 Å². The van der Waals surface area contributed by atoms with Gasteiger partial charge < -0.3 is 31.3 Å². The van der Waals surface area contributed by atoms with Crippen LogP contribution < -0.4 is 5.73 Å². The van der Waals surface area contributed by atoms with Crippen LogP contribution in [-0.4, -0.2) is 88.2 Å². The number of hydrogen-bond acceptors (Lipinski definition) is 6. The number of nitrogens with zero attached hydrogens (tertiary/aromatic N) is 2. The van der Waals surface area contributed by atoms with Crippen LogP contribution in [0.5, 0.6) is 0 Å². The Bertz CT molecular complexity index is 448. The number of likely N-dealkylation sites (tertiary alicyclic amines) is 1. The summed E-state index contributed by atoms with van der Waals surface area (Å²) in [5.41, 5.74) is 4.72. The molecule has 1 heterocycles. The van der Waals surface area contributed by atoms with E-state index in [1.54, 1.807) is 19.0 Å². The zero-order valence-electron chi connectivity index (χ0n) is 16.0. The molecule has 7 N–H and O–H groups in total. The fraction of sp³-hybridized carbons (Fsp3) is 0.867. The molecular formula is C15H34BCl2N3O6. The Labute approximate surface area is 173 Å². The van der Waals surface area contributed by atoms with Gasteiger partial charge in [-0.3, -0.25) is 14.5 Å². The molecular weight excluding hydrogens is 400 g/mol. The molecule has 0 radical (unpaired) electrons. The smallest absolute Gasteiger partial charge is 0.451 e. The topological polar surface area (TPSA) is 159 Å². The fourth-order valence-electron chi connectivity index (χ4n) is 3.12. The first kappa shape index (κ1) is 31.1. The van der Waals surface area contributed by atoms with Crippen LogP contribution >= 0.6 is 24.8 Å². The summed E-state index contributed by atoms with van der Waals surface area (Å²) in [5, 5.41) is 27.1. The summed E-state index contributed by atoms with van der Waals surface area (Å²) in [6, 6.07) is -0.192. The van der Waals surface area contributed by atoms with Gasteiger partial charge in [-0.1, -0.05) is 12.8 Å². The van der Waals surface area contributed by atoms with Crippen molar-refractivity contribution in [3.8, 4) is 0 Å². The lowest BCUT2D eigenvalue weighted by Gasteiger charge is -2.30. The number of amides is 1. The van der Waals surface area contributed by atoms with Crippen LogP contribution in [0.4, 0.5) is 0 Å². The van der Waals surface area contributed by atoms with E-state index in [0.717, 1.165) is 19.4 Å². The standard InChI is InChI=1S/C15H30BN3O5.2ClH.H2O/c1-18(2)13(20)12-6-5-10-19(12)11-8-15(17,14(21)22)7-3-4-9-16(23)24;;;/h12,23-24H,3-11,17H2,1-2H3,(H,21,22);2*1H;1H2/t12-,15?;;;/m0.../s1. The molecule has 1 unspecified atom stereocenters. The number of carbonyl (C=O) groups is 2. The number of rotatable bonds is 10. The number of carboxylic acids is 1. The van der Waals surface area contributed by atoms with E-state index in [4.69, 9.17) is 15.8 Å². The van der Waals surface area contributed by atoms with Crippen LogP contribution in [0.1, 0.15) is 38.5 Å². The average Bonchev–Trinajstić information content (AvgIpc) is 2.96. The van der Waals surface area contributed by atoms with Crippen molar-refractivity contribution in [3.63, 3.8) is 0 Å². The predicted octanol–water partition coefficient (Wildman–Crippen LogP) is -0.627. The lowest BCUT2D eigenvalue weighted by atomic mass is 9.81. The van der Waals surface area contributed by atoms with Gasteiger partial charge in [0.1, 0.15) is 5.54 Å². The van der Waals surface area contributed by atoms with E-state index in [0.29, 0.717) is 19.4 Å². The minimum absolute atomic E-state index is 0. The third-order valence-electron chi connectivity index (χ3n) is 4.70. The molecule has 2 atom stereocenters. The maximum absolute atomic E-state index is 12.2. The zero-order chi connectivity index (χ0) is 18.3. The summed E-state index contributed by atoms with van der Waals surface area (Å²) < 4.78 is 0. The highest BCUT2D eigenvalue weighted by Gasteiger charge is 2.37. The first-order valence-electron chi connectivity index (χ1n) is 8.51. The Hall–Kier alpha value is -0.615. The van der Waals surface area contributed by atoms with Crippen molar-refractivity contribution in [1.82, 2.24) is 9.80 Å². The molecule has 9 nitrogen and oxygen atoms in total. The first-order valence-corrected chi connectivity index (χ1v) is 8.51. The highest BCUT2D eigenvalue weighted by Crippen LogP contribution is 2.23. The largest absolute Gasteiger partial charge is 0.480 e. The third kappa shape index (κ3) is 9.93.